The number of nitrogens with one attached hydrogen (secondary N) is 1. The third-order valence-corrected chi connectivity index (χ3v) is 3.06. The second kappa shape index (κ2) is 7.63. The molecule has 3 nitrogen and oxygen atoms in total. The molecule has 114 valence electrons. The second-order valence-corrected chi connectivity index (χ2v) is 7.12. The molecule has 0 radical (unpaired) electrons. The predicted octanol–water partition coefficient (Wildman–Crippen LogP) is 3.95. The lowest BCUT2D eigenvalue weighted by atomic mass is 9.93. The topological polar surface area (TPSA) is 34.1 Å². The zero-order valence-electron chi connectivity index (χ0n) is 13.9. The van der Waals surface area contributed by atoms with Crippen molar-refractivity contribution >= 4 is 0 Å². The van der Waals surface area contributed by atoms with Gasteiger partial charge in [-0.3, -0.25) is 4.98 Å². The number of ether oxygens (including phenoxy) is 1. The van der Waals surface area contributed by atoms with Gasteiger partial charge in [0.2, 0.25) is 0 Å². The fourth-order valence-corrected chi connectivity index (χ4v) is 1.79. The molecular formula is C17H30N2O. The van der Waals surface area contributed by atoms with Crippen LogP contribution in [0.1, 0.15) is 52.3 Å². The van der Waals surface area contributed by atoms with Crippen LogP contribution in [-0.4, -0.2) is 18.1 Å². The Bertz CT molecular complexity index is 408. The molecule has 0 aliphatic heterocycles. The quantitative estimate of drug-likeness (QED) is 0.820. The monoisotopic (exact) mass is 278 g/mol. The van der Waals surface area contributed by atoms with Gasteiger partial charge < -0.3 is 10.1 Å². The lowest BCUT2D eigenvalue weighted by molar-refractivity contribution is 0.240. The Hall–Kier alpha value is -1.09. The predicted molar refractivity (Wildman–Crippen MR) is 85.1 cm³/mol. The molecule has 1 heterocycles. The molecule has 0 saturated heterocycles. The molecule has 0 atom stereocenters. The third kappa shape index (κ3) is 6.90. The van der Waals surface area contributed by atoms with Crippen LogP contribution in [0.2, 0.25) is 0 Å². The molecule has 0 fully saturated rings. The first-order valence-electron chi connectivity index (χ1n) is 7.57. The van der Waals surface area contributed by atoms with Crippen molar-refractivity contribution in [2.75, 3.05) is 13.2 Å². The summed E-state index contributed by atoms with van der Waals surface area (Å²) < 4.78 is 5.97. The van der Waals surface area contributed by atoms with Crippen molar-refractivity contribution in [2.24, 2.45) is 11.3 Å². The summed E-state index contributed by atoms with van der Waals surface area (Å²) in [7, 11) is 0. The van der Waals surface area contributed by atoms with Gasteiger partial charge in [0, 0.05) is 30.1 Å². The Morgan fingerprint density at radius 3 is 2.60 bits per heavy atom. The van der Waals surface area contributed by atoms with E-state index in [1.807, 2.05) is 19.2 Å². The fourth-order valence-electron chi connectivity index (χ4n) is 1.79. The molecule has 0 spiro atoms. The van der Waals surface area contributed by atoms with Gasteiger partial charge in [0.25, 0.3) is 0 Å². The number of hydrogen-bond acceptors (Lipinski definition) is 3. The van der Waals surface area contributed by atoms with Crippen molar-refractivity contribution in [1.29, 1.82) is 0 Å². The maximum Gasteiger partial charge on any atom is 0.127 e. The Morgan fingerprint density at radius 1 is 1.30 bits per heavy atom. The summed E-state index contributed by atoms with van der Waals surface area (Å²) >= 11 is 0. The van der Waals surface area contributed by atoms with Crippen molar-refractivity contribution in [3.63, 3.8) is 0 Å². The van der Waals surface area contributed by atoms with E-state index < -0.39 is 0 Å². The summed E-state index contributed by atoms with van der Waals surface area (Å²) in [4.78, 5) is 4.37. The lowest BCUT2D eigenvalue weighted by Crippen LogP contribution is -2.20. The zero-order chi connectivity index (χ0) is 15.2. The Labute approximate surface area is 124 Å². The van der Waals surface area contributed by atoms with Crippen LogP contribution in [0, 0.1) is 18.3 Å². The molecule has 1 rings (SSSR count). The maximum absolute atomic E-state index is 5.97. The van der Waals surface area contributed by atoms with E-state index in [1.54, 1.807) is 0 Å². The number of hydrogen-bond donors (Lipinski definition) is 1. The smallest absolute Gasteiger partial charge is 0.127 e. The highest BCUT2D eigenvalue weighted by atomic mass is 16.5. The van der Waals surface area contributed by atoms with Crippen LogP contribution in [0.5, 0.6) is 5.75 Å². The van der Waals surface area contributed by atoms with Gasteiger partial charge in [-0.25, -0.2) is 0 Å². The van der Waals surface area contributed by atoms with Crippen molar-refractivity contribution in [2.45, 2.75) is 54.5 Å². The Balaban J connectivity index is 2.60. The lowest BCUT2D eigenvalue weighted by Gasteiger charge is -2.19. The molecule has 0 unspecified atom stereocenters. The SMILES string of the molecule is Cc1cc(OCCC(C)(C)C)c(CNCC(C)C)cn1. The van der Waals surface area contributed by atoms with E-state index in [1.165, 1.54) is 0 Å². The molecule has 1 aromatic rings. The minimum atomic E-state index is 0.304. The maximum atomic E-state index is 5.97. The van der Waals surface area contributed by atoms with Crippen molar-refractivity contribution < 1.29 is 4.74 Å². The second-order valence-electron chi connectivity index (χ2n) is 7.12. The van der Waals surface area contributed by atoms with E-state index in [0.717, 1.165) is 43.1 Å². The van der Waals surface area contributed by atoms with Gasteiger partial charge in [0.1, 0.15) is 5.75 Å². The number of aryl methyl sites for hydroxylation is 1. The minimum absolute atomic E-state index is 0.304. The number of nitrogens with zero attached hydrogens (tertiary/aromatic N) is 1. The summed E-state index contributed by atoms with van der Waals surface area (Å²) in [5, 5.41) is 3.45. The Morgan fingerprint density at radius 2 is 2.00 bits per heavy atom. The van der Waals surface area contributed by atoms with E-state index in [-0.39, 0.29) is 0 Å². The van der Waals surface area contributed by atoms with Crippen LogP contribution in [0.15, 0.2) is 12.3 Å². The molecule has 0 aliphatic rings. The number of rotatable bonds is 7. The minimum Gasteiger partial charge on any atom is -0.493 e. The van der Waals surface area contributed by atoms with Crippen LogP contribution < -0.4 is 10.1 Å². The van der Waals surface area contributed by atoms with E-state index in [0.29, 0.717) is 11.3 Å². The van der Waals surface area contributed by atoms with Gasteiger partial charge >= 0.3 is 0 Å². The largest absolute Gasteiger partial charge is 0.493 e. The Kier molecular flexibility index (Phi) is 6.47. The molecule has 1 aromatic heterocycles. The van der Waals surface area contributed by atoms with Crippen LogP contribution in [0.3, 0.4) is 0 Å². The van der Waals surface area contributed by atoms with Crippen LogP contribution >= 0.6 is 0 Å². The normalized spacial score (nSPS) is 11.9. The zero-order valence-corrected chi connectivity index (χ0v) is 13.9. The highest BCUT2D eigenvalue weighted by Gasteiger charge is 2.11. The summed E-state index contributed by atoms with van der Waals surface area (Å²) in [6.45, 7) is 15.7. The molecule has 0 aliphatic carbocycles. The summed E-state index contributed by atoms with van der Waals surface area (Å²) in [6, 6.07) is 2.04. The van der Waals surface area contributed by atoms with Gasteiger partial charge in [-0.15, -0.1) is 0 Å². The molecule has 0 amide bonds. The highest BCUT2D eigenvalue weighted by Crippen LogP contribution is 2.22. The average Bonchev–Trinajstić information content (AvgIpc) is 2.29. The van der Waals surface area contributed by atoms with Gasteiger partial charge in [-0.2, -0.15) is 0 Å². The highest BCUT2D eigenvalue weighted by molar-refractivity contribution is 5.32. The third-order valence-electron chi connectivity index (χ3n) is 3.06. The summed E-state index contributed by atoms with van der Waals surface area (Å²) in [5.74, 6) is 1.62. The summed E-state index contributed by atoms with van der Waals surface area (Å²) in [5.41, 5.74) is 2.45. The van der Waals surface area contributed by atoms with E-state index >= 15 is 0 Å². The molecule has 1 N–H and O–H groups in total. The van der Waals surface area contributed by atoms with Gasteiger partial charge in [0.15, 0.2) is 0 Å². The standard InChI is InChI=1S/C17H30N2O/c1-13(2)10-18-11-15-12-19-14(3)9-16(15)20-8-7-17(4,5)6/h9,12-13,18H,7-8,10-11H2,1-6H3. The number of pyridine rings is 1. The molecular weight excluding hydrogens is 248 g/mol. The van der Waals surface area contributed by atoms with Crippen LogP contribution in [-0.2, 0) is 6.54 Å². The molecule has 0 aromatic carbocycles. The van der Waals surface area contributed by atoms with Crippen molar-refractivity contribution in [1.82, 2.24) is 10.3 Å². The molecule has 3 heteroatoms. The van der Waals surface area contributed by atoms with Gasteiger partial charge in [-0.1, -0.05) is 34.6 Å². The van der Waals surface area contributed by atoms with E-state index in [9.17, 15) is 0 Å². The van der Waals surface area contributed by atoms with Crippen LogP contribution in [0.25, 0.3) is 0 Å². The van der Waals surface area contributed by atoms with Gasteiger partial charge in [0.05, 0.1) is 6.61 Å². The van der Waals surface area contributed by atoms with Crippen LogP contribution in [0.4, 0.5) is 0 Å². The average molecular weight is 278 g/mol. The first kappa shape index (κ1) is 17.0. The van der Waals surface area contributed by atoms with Crippen molar-refractivity contribution in [3.05, 3.63) is 23.5 Å². The van der Waals surface area contributed by atoms with Gasteiger partial charge in [-0.05, 0) is 31.2 Å². The number of aromatic nitrogens is 1. The van der Waals surface area contributed by atoms with E-state index in [2.05, 4.69) is 44.9 Å². The molecule has 20 heavy (non-hydrogen) atoms. The van der Waals surface area contributed by atoms with E-state index in [4.69, 9.17) is 4.74 Å². The first-order valence-corrected chi connectivity index (χ1v) is 7.57. The summed E-state index contributed by atoms with van der Waals surface area (Å²) in [6.07, 6.45) is 2.97. The first-order chi connectivity index (χ1) is 9.28. The molecule has 0 bridgehead atoms. The fraction of sp³-hybridized carbons (Fsp3) is 0.706. The molecule has 0 saturated carbocycles. The van der Waals surface area contributed by atoms with Crippen molar-refractivity contribution in [3.8, 4) is 5.75 Å².